The van der Waals surface area contributed by atoms with Crippen molar-refractivity contribution in [2.45, 2.75) is 39.7 Å². The van der Waals surface area contributed by atoms with Gasteiger partial charge in [-0.2, -0.15) is 0 Å². The Balaban J connectivity index is 0.00000364. The largest absolute Gasteiger partial charge is 0.462 e. The molecule has 1 aromatic carbocycles. The topological polar surface area (TPSA) is 66.0 Å². The quantitative estimate of drug-likeness (QED) is 0.255. The summed E-state index contributed by atoms with van der Waals surface area (Å²) in [5.74, 6) is 0.550. The average Bonchev–Trinajstić information content (AvgIpc) is 2.67. The number of hydrogen-bond donors (Lipinski definition) is 2. The molecule has 1 heterocycles. The lowest BCUT2D eigenvalue weighted by molar-refractivity contribution is 0.0526. The van der Waals surface area contributed by atoms with Gasteiger partial charge >= 0.3 is 5.97 Å². The van der Waals surface area contributed by atoms with Crippen LogP contribution >= 0.6 is 24.0 Å². The molecule has 0 unspecified atom stereocenters. The molecule has 0 atom stereocenters. The lowest BCUT2D eigenvalue weighted by atomic mass is 10.1. The normalized spacial score (nSPS) is 15.0. The number of guanidine groups is 1. The summed E-state index contributed by atoms with van der Waals surface area (Å²) < 4.78 is 5.00. The maximum atomic E-state index is 11.7. The second kappa shape index (κ2) is 13.8. The van der Waals surface area contributed by atoms with Crippen LogP contribution in [-0.2, 0) is 11.3 Å². The van der Waals surface area contributed by atoms with Crippen LogP contribution < -0.4 is 10.6 Å². The fourth-order valence-corrected chi connectivity index (χ4v) is 2.99. The van der Waals surface area contributed by atoms with Gasteiger partial charge in [-0.1, -0.05) is 18.6 Å². The first-order valence-electron chi connectivity index (χ1n) is 9.73. The summed E-state index contributed by atoms with van der Waals surface area (Å²) in [5, 5.41) is 6.69. The van der Waals surface area contributed by atoms with E-state index in [0.717, 1.165) is 31.2 Å². The molecule has 1 fully saturated rings. The number of ether oxygens (including phenoxy) is 1. The van der Waals surface area contributed by atoms with Crippen molar-refractivity contribution in [1.82, 2.24) is 15.5 Å². The monoisotopic (exact) mass is 488 g/mol. The Hall–Kier alpha value is -1.35. The highest BCUT2D eigenvalue weighted by Gasteiger charge is 2.09. The lowest BCUT2D eigenvalue weighted by Crippen LogP contribution is -2.42. The van der Waals surface area contributed by atoms with Gasteiger partial charge in [0.05, 0.1) is 18.7 Å². The van der Waals surface area contributed by atoms with Crippen LogP contribution in [0.1, 0.15) is 49.0 Å². The summed E-state index contributed by atoms with van der Waals surface area (Å²) in [6.07, 6.45) is 3.99. The molecule has 27 heavy (non-hydrogen) atoms. The Morgan fingerprint density at radius 1 is 1.11 bits per heavy atom. The summed E-state index contributed by atoms with van der Waals surface area (Å²) >= 11 is 0. The minimum atomic E-state index is -0.282. The summed E-state index contributed by atoms with van der Waals surface area (Å²) in [5.41, 5.74) is 1.64. The van der Waals surface area contributed by atoms with Gasteiger partial charge in [-0.25, -0.2) is 9.79 Å². The van der Waals surface area contributed by atoms with Crippen molar-refractivity contribution in [2.24, 2.45) is 4.99 Å². The van der Waals surface area contributed by atoms with E-state index in [-0.39, 0.29) is 29.9 Å². The van der Waals surface area contributed by atoms with Crippen molar-refractivity contribution in [3.63, 3.8) is 0 Å². The highest BCUT2D eigenvalue weighted by atomic mass is 127. The molecule has 0 radical (unpaired) electrons. The van der Waals surface area contributed by atoms with E-state index in [2.05, 4.69) is 27.4 Å². The summed E-state index contributed by atoms with van der Waals surface area (Å²) in [6.45, 7) is 10.0. The molecule has 6 nitrogen and oxygen atoms in total. The van der Waals surface area contributed by atoms with Crippen LogP contribution in [0.5, 0.6) is 0 Å². The lowest BCUT2D eigenvalue weighted by Gasteiger charge is -2.26. The second-order valence-corrected chi connectivity index (χ2v) is 6.44. The molecule has 1 aliphatic rings. The maximum Gasteiger partial charge on any atom is 0.338 e. The van der Waals surface area contributed by atoms with Crippen molar-refractivity contribution in [1.29, 1.82) is 0 Å². The Morgan fingerprint density at radius 3 is 2.44 bits per heavy atom. The van der Waals surface area contributed by atoms with Crippen LogP contribution in [0.25, 0.3) is 0 Å². The Labute approximate surface area is 180 Å². The molecule has 0 bridgehead atoms. The van der Waals surface area contributed by atoms with Crippen molar-refractivity contribution in [3.05, 3.63) is 35.4 Å². The summed E-state index contributed by atoms with van der Waals surface area (Å²) in [7, 11) is 0. The van der Waals surface area contributed by atoms with Gasteiger partial charge in [0.2, 0.25) is 0 Å². The Kier molecular flexibility index (Phi) is 12.1. The molecule has 0 aromatic heterocycles. The number of halogens is 1. The number of carbonyl (C=O) groups is 1. The van der Waals surface area contributed by atoms with Gasteiger partial charge in [0.15, 0.2) is 5.96 Å². The van der Waals surface area contributed by atoms with Gasteiger partial charge < -0.3 is 20.3 Å². The van der Waals surface area contributed by atoms with Gasteiger partial charge in [0.25, 0.3) is 0 Å². The van der Waals surface area contributed by atoms with Crippen LogP contribution in [0.3, 0.4) is 0 Å². The molecule has 1 aliphatic heterocycles. The maximum absolute atomic E-state index is 11.7. The van der Waals surface area contributed by atoms with Crippen LogP contribution in [-0.4, -0.2) is 56.2 Å². The number of carbonyl (C=O) groups excluding carboxylic acids is 1. The summed E-state index contributed by atoms with van der Waals surface area (Å²) in [6, 6.07) is 7.43. The number of piperidine rings is 1. The van der Waals surface area contributed by atoms with Crippen LogP contribution in [0.15, 0.2) is 29.3 Å². The number of esters is 1. The predicted octanol–water partition coefficient (Wildman–Crippen LogP) is 3.02. The minimum Gasteiger partial charge on any atom is -0.462 e. The van der Waals surface area contributed by atoms with E-state index in [9.17, 15) is 4.79 Å². The number of nitrogens with zero attached hydrogens (tertiary/aromatic N) is 2. The first kappa shape index (κ1) is 23.7. The standard InChI is InChI=1S/C20H32N4O2.HI/c1-3-21-20(22-12-15-24-13-6-5-7-14-24)23-16-17-8-10-18(11-9-17)19(25)26-4-2;/h8-11H,3-7,12-16H2,1-2H3,(H2,21,22,23);1H. The summed E-state index contributed by atoms with van der Waals surface area (Å²) in [4.78, 5) is 18.8. The Bertz CT molecular complexity index is 572. The third-order valence-corrected chi connectivity index (χ3v) is 4.40. The smallest absolute Gasteiger partial charge is 0.338 e. The van der Waals surface area contributed by atoms with E-state index in [1.54, 1.807) is 12.1 Å². The molecule has 0 spiro atoms. The number of rotatable bonds is 8. The molecule has 0 aliphatic carbocycles. The van der Waals surface area contributed by atoms with E-state index in [0.29, 0.717) is 18.7 Å². The Morgan fingerprint density at radius 2 is 1.81 bits per heavy atom. The fourth-order valence-electron chi connectivity index (χ4n) is 2.99. The minimum absolute atomic E-state index is 0. The molecule has 1 aromatic rings. The van der Waals surface area contributed by atoms with Crippen molar-refractivity contribution in [3.8, 4) is 0 Å². The van der Waals surface area contributed by atoms with Gasteiger partial charge in [0.1, 0.15) is 0 Å². The third-order valence-electron chi connectivity index (χ3n) is 4.40. The highest BCUT2D eigenvalue weighted by Crippen LogP contribution is 2.08. The van der Waals surface area contributed by atoms with Crippen LogP contribution in [0.4, 0.5) is 0 Å². The SMILES string of the molecule is CCNC(=NCc1ccc(C(=O)OCC)cc1)NCCN1CCCCC1.I. The molecule has 7 heteroatoms. The van der Waals surface area contributed by atoms with E-state index >= 15 is 0 Å². The number of nitrogens with one attached hydrogen (secondary N) is 2. The first-order chi connectivity index (χ1) is 12.7. The number of likely N-dealkylation sites (tertiary alicyclic amines) is 1. The number of aliphatic imine (C=N–C) groups is 1. The molecule has 0 amide bonds. The molecule has 1 saturated heterocycles. The van der Waals surface area contributed by atoms with E-state index in [4.69, 9.17) is 4.74 Å². The van der Waals surface area contributed by atoms with Gasteiger partial charge in [-0.3, -0.25) is 0 Å². The van der Waals surface area contributed by atoms with Crippen LogP contribution in [0, 0.1) is 0 Å². The highest BCUT2D eigenvalue weighted by molar-refractivity contribution is 14.0. The van der Waals surface area contributed by atoms with Gasteiger partial charge in [0, 0.05) is 19.6 Å². The third kappa shape index (κ3) is 8.92. The molecular weight excluding hydrogens is 455 g/mol. The molecule has 152 valence electrons. The van der Waals surface area contributed by atoms with E-state index in [1.165, 1.54) is 32.4 Å². The first-order valence-corrected chi connectivity index (χ1v) is 9.73. The van der Waals surface area contributed by atoms with Crippen molar-refractivity contribution in [2.75, 3.05) is 39.3 Å². The zero-order valence-electron chi connectivity index (χ0n) is 16.5. The number of benzene rings is 1. The number of hydrogen-bond acceptors (Lipinski definition) is 4. The molecule has 2 N–H and O–H groups in total. The molecule has 0 saturated carbocycles. The predicted molar refractivity (Wildman–Crippen MR) is 121 cm³/mol. The second-order valence-electron chi connectivity index (χ2n) is 6.44. The van der Waals surface area contributed by atoms with Crippen LogP contribution in [0.2, 0.25) is 0 Å². The van der Waals surface area contributed by atoms with E-state index in [1.807, 2.05) is 19.1 Å². The fraction of sp³-hybridized carbons (Fsp3) is 0.600. The van der Waals surface area contributed by atoms with Crippen molar-refractivity contribution < 1.29 is 9.53 Å². The molecule has 2 rings (SSSR count). The zero-order chi connectivity index (χ0) is 18.6. The van der Waals surface area contributed by atoms with E-state index < -0.39 is 0 Å². The van der Waals surface area contributed by atoms with Crippen molar-refractivity contribution >= 4 is 35.9 Å². The average molecular weight is 488 g/mol. The van der Waals surface area contributed by atoms with Gasteiger partial charge in [-0.15, -0.1) is 24.0 Å². The van der Waals surface area contributed by atoms with Gasteiger partial charge in [-0.05, 0) is 57.5 Å². The zero-order valence-corrected chi connectivity index (χ0v) is 18.8. The molecular formula is C20H33IN4O2.